The zero-order chi connectivity index (χ0) is 17.0. The molecule has 0 saturated heterocycles. The summed E-state index contributed by atoms with van der Waals surface area (Å²) in [6.07, 6.45) is 2.86. The molecule has 0 aromatic carbocycles. The molecule has 0 aromatic rings. The van der Waals surface area contributed by atoms with E-state index in [0.717, 1.165) is 36.9 Å². The molecule has 0 heterocycles. The molecule has 0 atom stereocenters. The van der Waals surface area contributed by atoms with Crippen molar-refractivity contribution in [3.63, 3.8) is 0 Å². The van der Waals surface area contributed by atoms with Gasteiger partial charge in [-0.3, -0.25) is 4.79 Å². The highest BCUT2D eigenvalue weighted by Gasteiger charge is 2.19. The van der Waals surface area contributed by atoms with E-state index < -0.39 is 0 Å². The first-order valence-corrected chi connectivity index (χ1v) is 10.8. The molecule has 3 nitrogen and oxygen atoms in total. The van der Waals surface area contributed by atoms with Crippen LogP contribution in [0.15, 0.2) is 0 Å². The first kappa shape index (κ1) is 22.1. The van der Waals surface area contributed by atoms with Gasteiger partial charge in [-0.25, -0.2) is 0 Å². The fourth-order valence-corrected chi connectivity index (χ4v) is 5.02. The summed E-state index contributed by atoms with van der Waals surface area (Å²) in [6, 6.07) is 0. The quantitative estimate of drug-likeness (QED) is 0.273. The highest BCUT2D eigenvalue weighted by Crippen LogP contribution is 2.34. The molecule has 0 aliphatic rings. The Labute approximate surface area is 145 Å². The summed E-state index contributed by atoms with van der Waals surface area (Å²) in [5.74, 6) is 2.69. The van der Waals surface area contributed by atoms with Crippen LogP contribution in [0, 0.1) is 11.3 Å². The van der Waals surface area contributed by atoms with Gasteiger partial charge >= 0.3 is 5.97 Å². The molecular weight excluding hydrogens is 314 g/mol. The Hall–Kier alpha value is 0.130. The molecule has 5 heteroatoms. The van der Waals surface area contributed by atoms with Crippen molar-refractivity contribution >= 4 is 27.6 Å². The number of carbonyl (C=O) groups is 1. The van der Waals surface area contributed by atoms with Crippen molar-refractivity contribution in [3.8, 4) is 0 Å². The van der Waals surface area contributed by atoms with Gasteiger partial charge in [0, 0.05) is 18.1 Å². The maximum absolute atomic E-state index is 11.6. The molecule has 0 N–H and O–H groups in total. The molecule has 0 rings (SSSR count). The maximum Gasteiger partial charge on any atom is 0.307 e. The summed E-state index contributed by atoms with van der Waals surface area (Å²) in [5, 5.41) is 0. The lowest BCUT2D eigenvalue weighted by molar-refractivity contribution is -0.143. The largest absolute Gasteiger partial charge is 0.465 e. The lowest BCUT2D eigenvalue weighted by atomic mass is 9.86. The van der Waals surface area contributed by atoms with Gasteiger partial charge in [-0.2, -0.15) is 0 Å². The Bertz CT molecular complexity index is 296. The Morgan fingerprint density at radius 3 is 2.50 bits per heavy atom. The molecule has 0 saturated carbocycles. The van der Waals surface area contributed by atoms with Crippen LogP contribution in [0.4, 0.5) is 0 Å². The van der Waals surface area contributed by atoms with Crippen LogP contribution in [0.3, 0.4) is 0 Å². The fraction of sp³-hybridized carbons (Fsp3) is 0.941. The number of hydrogen-bond acceptors (Lipinski definition) is 5. The number of ether oxygens (including phenoxy) is 1. The summed E-state index contributed by atoms with van der Waals surface area (Å²) in [7, 11) is 5.75. The summed E-state index contributed by atoms with van der Waals surface area (Å²) in [4.78, 5) is 13.8. The van der Waals surface area contributed by atoms with E-state index in [2.05, 4.69) is 39.5 Å². The van der Waals surface area contributed by atoms with Crippen molar-refractivity contribution in [2.45, 2.75) is 53.9 Å². The maximum atomic E-state index is 11.6. The van der Waals surface area contributed by atoms with Crippen molar-refractivity contribution in [3.05, 3.63) is 0 Å². The van der Waals surface area contributed by atoms with E-state index in [-0.39, 0.29) is 5.97 Å². The van der Waals surface area contributed by atoms with Gasteiger partial charge in [0.1, 0.15) is 6.61 Å². The van der Waals surface area contributed by atoms with Gasteiger partial charge in [0.2, 0.25) is 0 Å². The monoisotopic (exact) mass is 349 g/mol. The summed E-state index contributed by atoms with van der Waals surface area (Å²) in [5.41, 5.74) is 0.381. The topological polar surface area (TPSA) is 29.5 Å². The van der Waals surface area contributed by atoms with Gasteiger partial charge in [0.05, 0.1) is 6.42 Å². The van der Waals surface area contributed by atoms with Crippen LogP contribution in [0.1, 0.15) is 53.9 Å². The summed E-state index contributed by atoms with van der Waals surface area (Å²) in [6.45, 7) is 13.7. The highest BCUT2D eigenvalue weighted by molar-refractivity contribution is 8.76. The predicted octanol–water partition coefficient (Wildman–Crippen LogP) is 4.72. The SMILES string of the molecule is CCCN(C)CCC(=O)OCCSSCC(C)(C)CC(C)C. The van der Waals surface area contributed by atoms with Crippen molar-refractivity contribution in [1.29, 1.82) is 0 Å². The molecule has 0 bridgehead atoms. The van der Waals surface area contributed by atoms with E-state index in [1.807, 2.05) is 28.6 Å². The van der Waals surface area contributed by atoms with E-state index in [9.17, 15) is 4.79 Å². The molecular formula is C17H35NO2S2. The van der Waals surface area contributed by atoms with Crippen molar-refractivity contribution < 1.29 is 9.53 Å². The molecule has 0 amide bonds. The lowest BCUT2D eigenvalue weighted by Gasteiger charge is -2.25. The van der Waals surface area contributed by atoms with Gasteiger partial charge < -0.3 is 9.64 Å². The third kappa shape index (κ3) is 13.8. The number of rotatable bonds is 13. The molecule has 0 unspecified atom stereocenters. The van der Waals surface area contributed by atoms with E-state index in [4.69, 9.17) is 4.74 Å². The van der Waals surface area contributed by atoms with Gasteiger partial charge in [-0.15, -0.1) is 0 Å². The Morgan fingerprint density at radius 1 is 1.23 bits per heavy atom. The molecule has 132 valence electrons. The Balaban J connectivity index is 3.55. The third-order valence-corrected chi connectivity index (χ3v) is 5.98. The molecule has 0 aliphatic carbocycles. The van der Waals surface area contributed by atoms with Crippen LogP contribution < -0.4 is 0 Å². The minimum Gasteiger partial charge on any atom is -0.465 e. The van der Waals surface area contributed by atoms with Crippen LogP contribution in [0.2, 0.25) is 0 Å². The predicted molar refractivity (Wildman–Crippen MR) is 102 cm³/mol. The van der Waals surface area contributed by atoms with Crippen molar-refractivity contribution in [2.24, 2.45) is 11.3 Å². The number of nitrogens with zero attached hydrogens (tertiary/aromatic N) is 1. The number of carbonyl (C=O) groups excluding carboxylic acids is 1. The number of esters is 1. The standard InChI is InChI=1S/C17H35NO2S2/c1-7-9-18(6)10-8-16(19)20-11-12-21-22-14-17(4,5)13-15(2)3/h15H,7-14H2,1-6H3. The molecule has 0 aromatic heterocycles. The first-order chi connectivity index (χ1) is 10.3. The van der Waals surface area contributed by atoms with Gasteiger partial charge in [-0.05, 0) is 37.8 Å². The zero-order valence-electron chi connectivity index (χ0n) is 15.3. The van der Waals surface area contributed by atoms with E-state index in [1.165, 1.54) is 6.42 Å². The molecule has 0 spiro atoms. The Kier molecular flexibility index (Phi) is 12.6. The number of hydrogen-bond donors (Lipinski definition) is 0. The molecule has 0 radical (unpaired) electrons. The van der Waals surface area contributed by atoms with Gasteiger partial charge in [0.15, 0.2) is 0 Å². The second kappa shape index (κ2) is 12.5. The summed E-state index contributed by atoms with van der Waals surface area (Å²) < 4.78 is 5.27. The highest BCUT2D eigenvalue weighted by atomic mass is 33.1. The van der Waals surface area contributed by atoms with E-state index in [0.29, 0.717) is 18.4 Å². The lowest BCUT2D eigenvalue weighted by Crippen LogP contribution is -2.23. The molecule has 22 heavy (non-hydrogen) atoms. The molecule has 0 aliphatic heterocycles. The Morgan fingerprint density at radius 2 is 1.91 bits per heavy atom. The molecule has 0 fully saturated rings. The van der Waals surface area contributed by atoms with Crippen molar-refractivity contribution in [2.75, 3.05) is 38.2 Å². The van der Waals surface area contributed by atoms with Crippen LogP contribution in [-0.2, 0) is 9.53 Å². The van der Waals surface area contributed by atoms with Gasteiger partial charge in [0.25, 0.3) is 0 Å². The fourth-order valence-electron chi connectivity index (χ4n) is 2.46. The van der Waals surface area contributed by atoms with Crippen molar-refractivity contribution in [1.82, 2.24) is 4.90 Å². The minimum atomic E-state index is -0.0753. The zero-order valence-corrected chi connectivity index (χ0v) is 16.9. The van der Waals surface area contributed by atoms with Gasteiger partial charge in [-0.1, -0.05) is 56.2 Å². The first-order valence-electron chi connectivity index (χ1n) is 8.35. The normalized spacial score (nSPS) is 12.2. The second-order valence-corrected chi connectivity index (χ2v) is 9.70. The van der Waals surface area contributed by atoms with Crippen LogP contribution in [0.25, 0.3) is 0 Å². The average molecular weight is 350 g/mol. The smallest absolute Gasteiger partial charge is 0.307 e. The average Bonchev–Trinajstić information content (AvgIpc) is 2.39. The van der Waals surface area contributed by atoms with E-state index in [1.54, 1.807) is 0 Å². The van der Waals surface area contributed by atoms with E-state index >= 15 is 0 Å². The van der Waals surface area contributed by atoms with Crippen LogP contribution >= 0.6 is 21.6 Å². The summed E-state index contributed by atoms with van der Waals surface area (Å²) >= 11 is 0. The third-order valence-electron chi connectivity index (χ3n) is 3.23. The van der Waals surface area contributed by atoms with Crippen LogP contribution in [-0.4, -0.2) is 49.1 Å². The van der Waals surface area contributed by atoms with Crippen LogP contribution in [0.5, 0.6) is 0 Å². The second-order valence-electron chi connectivity index (χ2n) is 7.12. The minimum absolute atomic E-state index is 0.0753.